The van der Waals surface area contributed by atoms with Gasteiger partial charge in [-0.1, -0.05) is 139 Å². The minimum absolute atomic E-state index is 0. The fourth-order valence-corrected chi connectivity index (χ4v) is 10.1. The number of aryl methyl sites for hydroxylation is 1. The van der Waals surface area contributed by atoms with Crippen LogP contribution in [-0.4, -0.2) is 27.6 Å². The van der Waals surface area contributed by atoms with Crippen LogP contribution >= 0.6 is 0 Å². The van der Waals surface area contributed by atoms with Crippen LogP contribution < -0.4 is 5.19 Å². The summed E-state index contributed by atoms with van der Waals surface area (Å²) in [6.07, 6.45) is 5.14. The minimum atomic E-state index is -1.37. The third-order valence-corrected chi connectivity index (χ3v) is 13.5. The molecule has 0 amide bonds. The fourth-order valence-electron chi connectivity index (χ4n) is 8.51. The van der Waals surface area contributed by atoms with Crippen LogP contribution in [-0.2, 0) is 26.5 Å². The van der Waals surface area contributed by atoms with Gasteiger partial charge in [0.1, 0.15) is 5.58 Å². The van der Waals surface area contributed by atoms with E-state index in [0.717, 1.165) is 73.4 Å². The molecular formula is C56H58IrN4OSi-2. The van der Waals surface area contributed by atoms with Crippen molar-refractivity contribution in [3.8, 4) is 39.5 Å². The summed E-state index contributed by atoms with van der Waals surface area (Å²) in [5.41, 5.74) is 15.2. The molecule has 0 saturated carbocycles. The summed E-state index contributed by atoms with van der Waals surface area (Å²) in [6, 6.07) is 46.8. The number of nitrogens with zero attached hydrogens (tertiary/aromatic N) is 4. The molecule has 9 rings (SSSR count). The third-order valence-electron chi connectivity index (χ3n) is 11.4. The van der Waals surface area contributed by atoms with Gasteiger partial charge in [0.15, 0.2) is 5.65 Å². The topological polar surface area (TPSA) is 56.7 Å². The molecule has 0 N–H and O–H groups in total. The number of fused-ring (bicyclic) bond motifs is 4. The molecule has 4 heterocycles. The van der Waals surface area contributed by atoms with Gasteiger partial charge < -0.3 is 14.0 Å². The standard InChI is InChI=1S/C37H32N3O.C19H26NSi.Ir/c1-22(2)30-19-26(25-12-7-6-8-13-25)20-31(23(3)4)34(30)40-36(39-32-18-24(5)21-38-37(32)40)29-16-11-15-28-27-14-9-10-17-33(27)41-35(28)29;1-19(2,3)13-16-12-17(15-10-8-7-9-11-15)20-14-18(16)21(4,5)6;/h6-15,17-23H,1-5H3;7-10,12,14H,13H2,1-6H3;/q2*-1;. The van der Waals surface area contributed by atoms with E-state index in [1.54, 1.807) is 0 Å². The van der Waals surface area contributed by atoms with Crippen LogP contribution in [0.1, 0.15) is 82.6 Å². The second-order valence-corrected chi connectivity index (χ2v) is 24.5. The molecule has 0 aliphatic heterocycles. The Morgan fingerprint density at radius 1 is 0.714 bits per heavy atom. The molecule has 9 aromatic rings. The molecule has 323 valence electrons. The SMILES string of the molecule is CC(C)(C)Cc1cc(-c2[c-]cccc2)ncc1[Si](C)(C)C.Cc1cnc2c(c1)nc(-c1[c-]ccc3c1oc1ccccc13)n2-c1c(C(C)C)cc(-c2ccccc2)cc1C(C)C.[Ir]. The molecule has 0 unspecified atom stereocenters. The summed E-state index contributed by atoms with van der Waals surface area (Å²) < 4.78 is 8.73. The number of rotatable bonds is 8. The average Bonchev–Trinajstić information content (AvgIpc) is 3.81. The van der Waals surface area contributed by atoms with Gasteiger partial charge in [0, 0.05) is 43.6 Å². The first-order valence-corrected chi connectivity index (χ1v) is 25.4. The van der Waals surface area contributed by atoms with E-state index in [1.165, 1.54) is 33.0 Å². The molecule has 0 spiro atoms. The smallest absolute Gasteiger partial charge is 0.155 e. The summed E-state index contributed by atoms with van der Waals surface area (Å²) in [6.45, 7) is 25.2. The Balaban J connectivity index is 0.000000229. The van der Waals surface area contributed by atoms with E-state index in [2.05, 4.69) is 171 Å². The van der Waals surface area contributed by atoms with Crippen molar-refractivity contribution < 1.29 is 24.5 Å². The number of furan rings is 1. The molecule has 0 bridgehead atoms. The van der Waals surface area contributed by atoms with Crippen molar-refractivity contribution in [3.05, 3.63) is 162 Å². The van der Waals surface area contributed by atoms with E-state index in [4.69, 9.17) is 19.4 Å². The second kappa shape index (κ2) is 18.3. The second-order valence-electron chi connectivity index (χ2n) is 19.5. The summed E-state index contributed by atoms with van der Waals surface area (Å²) in [4.78, 5) is 14.9. The first kappa shape index (κ1) is 45.6. The van der Waals surface area contributed by atoms with E-state index >= 15 is 0 Å². The maximum absolute atomic E-state index is 6.48. The van der Waals surface area contributed by atoms with Crippen molar-refractivity contribution >= 4 is 46.4 Å². The molecule has 0 fully saturated rings. The number of pyridine rings is 2. The number of para-hydroxylation sites is 1. The number of hydrogen-bond donors (Lipinski definition) is 0. The largest absolute Gasteiger partial charge is 0.501 e. The van der Waals surface area contributed by atoms with Crippen LogP contribution in [0.3, 0.4) is 0 Å². The van der Waals surface area contributed by atoms with Crippen molar-refractivity contribution in [2.75, 3.05) is 0 Å². The normalized spacial score (nSPS) is 12.0. The van der Waals surface area contributed by atoms with Crippen molar-refractivity contribution in [1.82, 2.24) is 19.5 Å². The predicted molar refractivity (Wildman–Crippen MR) is 263 cm³/mol. The van der Waals surface area contributed by atoms with Crippen molar-refractivity contribution in [3.63, 3.8) is 0 Å². The number of aromatic nitrogens is 4. The number of imidazole rings is 1. The van der Waals surface area contributed by atoms with Crippen LogP contribution in [0.2, 0.25) is 19.6 Å². The van der Waals surface area contributed by atoms with Crippen LogP contribution in [0.25, 0.3) is 72.6 Å². The first-order chi connectivity index (χ1) is 29.6. The third kappa shape index (κ3) is 9.57. The van der Waals surface area contributed by atoms with Crippen molar-refractivity contribution in [1.29, 1.82) is 0 Å². The molecule has 63 heavy (non-hydrogen) atoms. The maximum Gasteiger partial charge on any atom is 0.155 e. The quantitative estimate of drug-likeness (QED) is 0.112. The van der Waals surface area contributed by atoms with Crippen LogP contribution in [0, 0.1) is 24.5 Å². The molecule has 0 saturated heterocycles. The van der Waals surface area contributed by atoms with E-state index in [9.17, 15) is 0 Å². The van der Waals surface area contributed by atoms with Gasteiger partial charge in [-0.3, -0.25) is 4.98 Å². The Bertz CT molecular complexity index is 3000. The van der Waals surface area contributed by atoms with Gasteiger partial charge >= 0.3 is 0 Å². The molecule has 7 heteroatoms. The van der Waals surface area contributed by atoms with E-state index < -0.39 is 8.07 Å². The fraction of sp³-hybridized carbons (Fsp3) is 0.268. The van der Waals surface area contributed by atoms with E-state index in [-0.39, 0.29) is 37.4 Å². The maximum atomic E-state index is 6.48. The predicted octanol–water partition coefficient (Wildman–Crippen LogP) is 14.7. The molecule has 5 nitrogen and oxygen atoms in total. The Labute approximate surface area is 388 Å². The average molecular weight is 1020 g/mol. The monoisotopic (exact) mass is 1020 g/mol. The first-order valence-electron chi connectivity index (χ1n) is 21.9. The van der Waals surface area contributed by atoms with Gasteiger partial charge in [-0.15, -0.1) is 54.1 Å². The molecule has 0 aliphatic rings. The zero-order valence-electron chi connectivity index (χ0n) is 38.5. The molecule has 0 aliphatic carbocycles. The molecular weight excluding hydrogens is 965 g/mol. The van der Waals surface area contributed by atoms with Gasteiger partial charge in [0.25, 0.3) is 0 Å². The molecule has 4 aromatic heterocycles. The van der Waals surface area contributed by atoms with E-state index in [1.807, 2.05) is 48.7 Å². The zero-order chi connectivity index (χ0) is 43.9. The number of hydrogen-bond acceptors (Lipinski definition) is 4. The Hall–Kier alpha value is -5.46. The Morgan fingerprint density at radius 3 is 2.05 bits per heavy atom. The van der Waals surface area contributed by atoms with Crippen LogP contribution in [0.4, 0.5) is 0 Å². The Kier molecular flexibility index (Phi) is 13.3. The van der Waals surface area contributed by atoms with E-state index in [0.29, 0.717) is 0 Å². The summed E-state index contributed by atoms with van der Waals surface area (Å²) >= 11 is 0. The van der Waals surface area contributed by atoms with Gasteiger partial charge in [-0.05, 0) is 93.6 Å². The summed E-state index contributed by atoms with van der Waals surface area (Å²) in [7, 11) is -1.37. The number of benzene rings is 5. The van der Waals surface area contributed by atoms with Crippen molar-refractivity contribution in [2.24, 2.45) is 5.41 Å². The molecule has 1 radical (unpaired) electrons. The summed E-state index contributed by atoms with van der Waals surface area (Å²) in [5, 5.41) is 3.63. The molecule has 0 atom stereocenters. The zero-order valence-corrected chi connectivity index (χ0v) is 41.9. The van der Waals surface area contributed by atoms with Crippen LogP contribution in [0.15, 0.2) is 132 Å². The van der Waals surface area contributed by atoms with Crippen LogP contribution in [0.5, 0.6) is 0 Å². The minimum Gasteiger partial charge on any atom is -0.501 e. The molecule has 5 aromatic carbocycles. The van der Waals surface area contributed by atoms with Gasteiger partial charge in [0.2, 0.25) is 0 Å². The van der Waals surface area contributed by atoms with Gasteiger partial charge in [-0.25, -0.2) is 4.98 Å². The van der Waals surface area contributed by atoms with Gasteiger partial charge in [0.05, 0.1) is 25.0 Å². The Morgan fingerprint density at radius 2 is 1.40 bits per heavy atom. The summed E-state index contributed by atoms with van der Waals surface area (Å²) in [5.74, 6) is 1.33. The van der Waals surface area contributed by atoms with Gasteiger partial charge in [-0.2, -0.15) is 0 Å². The van der Waals surface area contributed by atoms with Crippen molar-refractivity contribution in [2.45, 2.75) is 93.3 Å².